The first kappa shape index (κ1) is 15.8. The smallest absolute Gasteiger partial charge is 0.225 e. The molecule has 4 aromatic rings. The Morgan fingerprint density at radius 1 is 0.462 bits per heavy atom. The van der Waals surface area contributed by atoms with E-state index in [2.05, 4.69) is 57.4 Å². The molecule has 0 bridgehead atoms. The van der Waals surface area contributed by atoms with Crippen molar-refractivity contribution in [1.29, 1.82) is 0 Å². The van der Waals surface area contributed by atoms with Crippen molar-refractivity contribution in [3.63, 3.8) is 0 Å². The maximum atomic E-state index is 5.68. The zero-order valence-corrected chi connectivity index (χ0v) is 14.0. The lowest BCUT2D eigenvalue weighted by Gasteiger charge is -2.07. The number of nitrogens with two attached hydrogens (primary N) is 2. The van der Waals surface area contributed by atoms with E-state index in [0.29, 0.717) is 5.82 Å². The molecule has 0 aliphatic carbocycles. The van der Waals surface area contributed by atoms with Crippen molar-refractivity contribution in [3.8, 4) is 33.6 Å². The molecule has 4 rings (SSSR count). The number of aromatic nitrogens is 3. The summed E-state index contributed by atoms with van der Waals surface area (Å²) in [5, 5.41) is 0. The van der Waals surface area contributed by atoms with Gasteiger partial charge in [-0.3, -0.25) is 0 Å². The fraction of sp³-hybridized carbons (Fsp3) is 0. The highest BCUT2D eigenvalue weighted by molar-refractivity contribution is 5.73. The van der Waals surface area contributed by atoms with Gasteiger partial charge < -0.3 is 11.5 Å². The Labute approximate surface area is 151 Å². The van der Waals surface area contributed by atoms with E-state index in [4.69, 9.17) is 11.5 Å². The first-order chi connectivity index (χ1) is 12.7. The number of nitrogens with zero attached hydrogens (tertiary/aromatic N) is 3. The van der Waals surface area contributed by atoms with Gasteiger partial charge in [0.1, 0.15) is 0 Å². The Hall–Kier alpha value is -3.73. The molecule has 3 aromatic carbocycles. The van der Waals surface area contributed by atoms with Crippen LogP contribution in [0.4, 0.5) is 11.9 Å². The molecule has 0 saturated carbocycles. The second-order valence-electron chi connectivity index (χ2n) is 5.90. The molecule has 0 spiro atoms. The van der Waals surface area contributed by atoms with Crippen molar-refractivity contribution in [3.05, 3.63) is 78.9 Å². The lowest BCUT2D eigenvalue weighted by Crippen LogP contribution is -2.04. The number of benzene rings is 3. The molecular formula is C21H17N5. The summed E-state index contributed by atoms with van der Waals surface area (Å²) in [4.78, 5) is 12.1. The second kappa shape index (κ2) is 6.64. The summed E-state index contributed by atoms with van der Waals surface area (Å²) in [6, 6.07) is 26.7. The molecule has 5 nitrogen and oxygen atoms in total. The number of anilines is 2. The molecule has 0 unspecified atom stereocenters. The van der Waals surface area contributed by atoms with Crippen LogP contribution in [0.3, 0.4) is 0 Å². The van der Waals surface area contributed by atoms with Gasteiger partial charge in [-0.25, -0.2) is 0 Å². The van der Waals surface area contributed by atoms with Gasteiger partial charge in [0.15, 0.2) is 5.82 Å². The van der Waals surface area contributed by atoms with E-state index in [0.717, 1.165) is 16.7 Å². The average molecular weight is 339 g/mol. The van der Waals surface area contributed by atoms with Crippen LogP contribution in [0.1, 0.15) is 0 Å². The summed E-state index contributed by atoms with van der Waals surface area (Å²) < 4.78 is 0. The Bertz CT molecular complexity index is 1020. The number of nitrogen functional groups attached to an aromatic ring is 2. The fourth-order valence-electron chi connectivity index (χ4n) is 2.86. The maximum absolute atomic E-state index is 5.68. The average Bonchev–Trinajstić information content (AvgIpc) is 2.68. The van der Waals surface area contributed by atoms with E-state index in [-0.39, 0.29) is 11.9 Å². The van der Waals surface area contributed by atoms with E-state index < -0.39 is 0 Å². The lowest BCUT2D eigenvalue weighted by atomic mass is 9.99. The Morgan fingerprint density at radius 3 is 1.62 bits per heavy atom. The van der Waals surface area contributed by atoms with Crippen LogP contribution in [0.5, 0.6) is 0 Å². The van der Waals surface area contributed by atoms with Crippen LogP contribution in [0.2, 0.25) is 0 Å². The van der Waals surface area contributed by atoms with Crippen LogP contribution in [0, 0.1) is 0 Å². The van der Waals surface area contributed by atoms with Crippen molar-refractivity contribution in [2.75, 3.05) is 11.5 Å². The minimum atomic E-state index is 0.116. The molecule has 0 radical (unpaired) electrons. The van der Waals surface area contributed by atoms with Crippen LogP contribution < -0.4 is 11.5 Å². The van der Waals surface area contributed by atoms with Crippen LogP contribution in [0.15, 0.2) is 78.9 Å². The monoisotopic (exact) mass is 339 g/mol. The standard InChI is InChI=1S/C21H17N5/c22-20-24-19(25-21(23)26-20)18-8-4-7-17(13-18)16-11-9-15(10-12-16)14-5-2-1-3-6-14/h1-13H,(H4,22,23,24,25,26). The third kappa shape index (κ3) is 3.23. The third-order valence-corrected chi connectivity index (χ3v) is 4.12. The SMILES string of the molecule is Nc1nc(N)nc(-c2cccc(-c3ccc(-c4ccccc4)cc3)c2)n1. The molecule has 0 amide bonds. The molecule has 0 aliphatic heterocycles. The minimum Gasteiger partial charge on any atom is -0.368 e. The zero-order chi connectivity index (χ0) is 17.9. The highest BCUT2D eigenvalue weighted by Crippen LogP contribution is 2.27. The first-order valence-electron chi connectivity index (χ1n) is 8.22. The van der Waals surface area contributed by atoms with Crippen molar-refractivity contribution < 1.29 is 0 Å². The van der Waals surface area contributed by atoms with Crippen LogP contribution in [-0.4, -0.2) is 15.0 Å². The van der Waals surface area contributed by atoms with Crippen LogP contribution in [0.25, 0.3) is 33.6 Å². The first-order valence-corrected chi connectivity index (χ1v) is 8.22. The van der Waals surface area contributed by atoms with Crippen LogP contribution >= 0.6 is 0 Å². The minimum absolute atomic E-state index is 0.116. The highest BCUT2D eigenvalue weighted by atomic mass is 15.1. The van der Waals surface area contributed by atoms with E-state index in [1.54, 1.807) is 0 Å². The van der Waals surface area contributed by atoms with Gasteiger partial charge in [-0.05, 0) is 28.3 Å². The van der Waals surface area contributed by atoms with E-state index in [1.807, 2.05) is 36.4 Å². The number of rotatable bonds is 3. The van der Waals surface area contributed by atoms with E-state index in [9.17, 15) is 0 Å². The molecule has 26 heavy (non-hydrogen) atoms. The summed E-state index contributed by atoms with van der Waals surface area (Å²) in [6.45, 7) is 0. The molecule has 126 valence electrons. The lowest BCUT2D eigenvalue weighted by molar-refractivity contribution is 1.09. The molecule has 4 N–H and O–H groups in total. The van der Waals surface area contributed by atoms with Crippen molar-refractivity contribution in [1.82, 2.24) is 15.0 Å². The Kier molecular flexibility index (Phi) is 4.03. The molecule has 0 fully saturated rings. The molecule has 1 heterocycles. The summed E-state index contributed by atoms with van der Waals surface area (Å²) >= 11 is 0. The summed E-state index contributed by atoms with van der Waals surface area (Å²) in [5.41, 5.74) is 16.8. The Balaban J connectivity index is 1.68. The van der Waals surface area contributed by atoms with Crippen molar-refractivity contribution in [2.24, 2.45) is 0 Å². The summed E-state index contributed by atoms with van der Waals surface area (Å²) in [5.74, 6) is 0.702. The highest BCUT2D eigenvalue weighted by Gasteiger charge is 2.07. The van der Waals surface area contributed by atoms with Gasteiger partial charge in [-0.1, -0.05) is 72.8 Å². The zero-order valence-electron chi connectivity index (χ0n) is 14.0. The van der Waals surface area contributed by atoms with Crippen molar-refractivity contribution in [2.45, 2.75) is 0 Å². The maximum Gasteiger partial charge on any atom is 0.225 e. The van der Waals surface area contributed by atoms with Gasteiger partial charge in [0.2, 0.25) is 11.9 Å². The quantitative estimate of drug-likeness (QED) is 0.588. The van der Waals surface area contributed by atoms with Gasteiger partial charge in [-0.2, -0.15) is 15.0 Å². The predicted octanol–water partition coefficient (Wildman–Crippen LogP) is 4.04. The van der Waals surface area contributed by atoms with E-state index >= 15 is 0 Å². The largest absolute Gasteiger partial charge is 0.368 e. The van der Waals surface area contributed by atoms with Gasteiger partial charge in [0.05, 0.1) is 0 Å². The predicted molar refractivity (Wildman–Crippen MR) is 105 cm³/mol. The Morgan fingerprint density at radius 2 is 0.962 bits per heavy atom. The summed E-state index contributed by atoms with van der Waals surface area (Å²) in [6.07, 6.45) is 0. The second-order valence-corrected chi connectivity index (χ2v) is 5.90. The summed E-state index contributed by atoms with van der Waals surface area (Å²) in [7, 11) is 0. The van der Waals surface area contributed by atoms with Crippen molar-refractivity contribution >= 4 is 11.9 Å². The normalized spacial score (nSPS) is 10.6. The van der Waals surface area contributed by atoms with Gasteiger partial charge >= 0.3 is 0 Å². The molecular weight excluding hydrogens is 322 g/mol. The number of hydrogen-bond donors (Lipinski definition) is 2. The molecule has 0 atom stereocenters. The number of hydrogen-bond acceptors (Lipinski definition) is 5. The fourth-order valence-corrected chi connectivity index (χ4v) is 2.86. The third-order valence-electron chi connectivity index (χ3n) is 4.12. The van der Waals surface area contributed by atoms with Gasteiger partial charge in [-0.15, -0.1) is 0 Å². The molecule has 0 aliphatic rings. The molecule has 0 saturated heterocycles. The van der Waals surface area contributed by atoms with Crippen LogP contribution in [-0.2, 0) is 0 Å². The van der Waals surface area contributed by atoms with E-state index in [1.165, 1.54) is 11.1 Å². The van der Waals surface area contributed by atoms with Gasteiger partial charge in [0, 0.05) is 5.56 Å². The van der Waals surface area contributed by atoms with Gasteiger partial charge in [0.25, 0.3) is 0 Å². The topological polar surface area (TPSA) is 90.7 Å². The molecule has 5 heteroatoms. The molecule has 1 aromatic heterocycles.